The first-order valence-electron chi connectivity index (χ1n) is 9.15. The largest absolute Gasteiger partial charge is 0.356 e. The Kier molecular flexibility index (Phi) is 8.15. The molecule has 5 nitrogen and oxygen atoms in total. The van der Waals surface area contributed by atoms with Crippen molar-refractivity contribution < 1.29 is 4.39 Å². The van der Waals surface area contributed by atoms with Gasteiger partial charge in [0.05, 0.1) is 0 Å². The normalized spacial score (nSPS) is 16.9. The maximum Gasteiger partial charge on any atom is 0.193 e. The van der Waals surface area contributed by atoms with E-state index in [2.05, 4.69) is 27.2 Å². The van der Waals surface area contributed by atoms with Gasteiger partial charge in [-0.15, -0.1) is 0 Å². The van der Waals surface area contributed by atoms with Crippen LogP contribution in [0.4, 0.5) is 4.39 Å². The van der Waals surface area contributed by atoms with E-state index < -0.39 is 0 Å². The van der Waals surface area contributed by atoms with Crippen LogP contribution in [0.2, 0.25) is 0 Å². The van der Waals surface area contributed by atoms with Crippen molar-refractivity contribution in [2.24, 2.45) is 4.99 Å². The molecule has 0 radical (unpaired) electrons. The molecule has 1 aliphatic rings. The lowest BCUT2D eigenvalue weighted by molar-refractivity contribution is 0.152. The van der Waals surface area contributed by atoms with Gasteiger partial charge in [0.2, 0.25) is 0 Å². The highest BCUT2D eigenvalue weighted by molar-refractivity contribution is 5.79. The van der Waals surface area contributed by atoms with Crippen LogP contribution in [0.15, 0.2) is 29.3 Å². The second-order valence-electron chi connectivity index (χ2n) is 6.81. The molecule has 0 unspecified atom stereocenters. The van der Waals surface area contributed by atoms with E-state index in [9.17, 15) is 4.39 Å². The molecule has 140 valence electrons. The summed E-state index contributed by atoms with van der Waals surface area (Å²) in [5, 5.41) is 3.40. The van der Waals surface area contributed by atoms with Crippen molar-refractivity contribution in [1.82, 2.24) is 20.0 Å². The Labute approximate surface area is 151 Å². The second-order valence-corrected chi connectivity index (χ2v) is 6.81. The molecule has 1 heterocycles. The average molecular weight is 349 g/mol. The molecule has 0 aliphatic carbocycles. The molecule has 0 atom stereocenters. The fourth-order valence-electron chi connectivity index (χ4n) is 3.10. The summed E-state index contributed by atoms with van der Waals surface area (Å²) in [5.41, 5.74) is 0.945. The van der Waals surface area contributed by atoms with E-state index in [0.29, 0.717) is 6.54 Å². The topological polar surface area (TPSA) is 34.1 Å². The molecule has 0 saturated carbocycles. The van der Waals surface area contributed by atoms with Gasteiger partial charge in [-0.05, 0) is 44.1 Å². The van der Waals surface area contributed by atoms with Crippen LogP contribution in [0, 0.1) is 5.82 Å². The minimum atomic E-state index is -0.197. The first kappa shape index (κ1) is 19.7. The average Bonchev–Trinajstić information content (AvgIpc) is 2.59. The van der Waals surface area contributed by atoms with E-state index in [-0.39, 0.29) is 5.82 Å². The van der Waals surface area contributed by atoms with Crippen molar-refractivity contribution in [1.29, 1.82) is 0 Å². The van der Waals surface area contributed by atoms with Gasteiger partial charge in [0.25, 0.3) is 0 Å². The number of halogens is 1. The summed E-state index contributed by atoms with van der Waals surface area (Å²) in [7, 11) is 5.95. The molecular weight excluding hydrogens is 317 g/mol. The maximum atomic E-state index is 13.3. The highest BCUT2D eigenvalue weighted by Gasteiger charge is 2.13. The predicted molar refractivity (Wildman–Crippen MR) is 102 cm³/mol. The standard InChI is InChI=1S/C19H32FN5/c1-21-19(24(3)16-17-7-6-8-18(20)15-17)22-9-4-5-10-25-13-11-23(2)12-14-25/h6-8,15H,4-5,9-14,16H2,1-3H3,(H,21,22). The summed E-state index contributed by atoms with van der Waals surface area (Å²) in [5.74, 6) is 0.654. The van der Waals surface area contributed by atoms with Crippen molar-refractivity contribution in [2.45, 2.75) is 19.4 Å². The number of nitrogens with zero attached hydrogens (tertiary/aromatic N) is 4. The monoisotopic (exact) mass is 349 g/mol. The Morgan fingerprint density at radius 2 is 2.00 bits per heavy atom. The predicted octanol–water partition coefficient (Wildman–Crippen LogP) is 1.86. The Morgan fingerprint density at radius 3 is 2.68 bits per heavy atom. The zero-order valence-electron chi connectivity index (χ0n) is 15.8. The third-order valence-corrected chi connectivity index (χ3v) is 4.66. The van der Waals surface area contributed by atoms with Crippen LogP contribution in [0.3, 0.4) is 0 Å². The zero-order valence-corrected chi connectivity index (χ0v) is 15.8. The number of nitrogens with one attached hydrogen (secondary N) is 1. The van der Waals surface area contributed by atoms with Crippen LogP contribution in [-0.2, 0) is 6.54 Å². The van der Waals surface area contributed by atoms with E-state index in [1.165, 1.54) is 45.2 Å². The number of guanidine groups is 1. The minimum Gasteiger partial charge on any atom is -0.356 e. The number of aliphatic imine (C=N–C) groups is 1. The van der Waals surface area contributed by atoms with E-state index in [4.69, 9.17) is 0 Å². The number of benzene rings is 1. The molecule has 25 heavy (non-hydrogen) atoms. The lowest BCUT2D eigenvalue weighted by atomic mass is 10.2. The molecule has 6 heteroatoms. The number of piperazine rings is 1. The number of hydrogen-bond donors (Lipinski definition) is 1. The highest BCUT2D eigenvalue weighted by atomic mass is 19.1. The van der Waals surface area contributed by atoms with Gasteiger partial charge in [-0.2, -0.15) is 0 Å². The van der Waals surface area contributed by atoms with Gasteiger partial charge in [0.15, 0.2) is 5.96 Å². The fraction of sp³-hybridized carbons (Fsp3) is 0.632. The zero-order chi connectivity index (χ0) is 18.1. The number of unbranched alkanes of at least 4 members (excludes halogenated alkanes) is 1. The Balaban J connectivity index is 1.64. The first-order chi connectivity index (χ1) is 12.1. The molecule has 1 saturated heterocycles. The molecule has 1 aromatic rings. The quantitative estimate of drug-likeness (QED) is 0.463. The summed E-state index contributed by atoms with van der Waals surface area (Å²) in [6.07, 6.45) is 2.32. The summed E-state index contributed by atoms with van der Waals surface area (Å²) < 4.78 is 13.3. The molecule has 0 aromatic heterocycles. The molecule has 1 fully saturated rings. The van der Waals surface area contributed by atoms with Crippen LogP contribution in [-0.4, -0.2) is 81.1 Å². The van der Waals surface area contributed by atoms with Crippen molar-refractivity contribution in [2.75, 3.05) is 60.4 Å². The minimum absolute atomic E-state index is 0.197. The van der Waals surface area contributed by atoms with E-state index in [1.54, 1.807) is 19.2 Å². The molecular formula is C19H32FN5. The summed E-state index contributed by atoms with van der Waals surface area (Å²) in [6.45, 7) is 7.44. The SMILES string of the molecule is CN=C(NCCCCN1CCN(C)CC1)N(C)Cc1cccc(F)c1. The number of likely N-dealkylation sites (N-methyl/N-ethyl adjacent to an activating group) is 1. The third kappa shape index (κ3) is 7.00. The fourth-order valence-corrected chi connectivity index (χ4v) is 3.10. The number of hydrogen-bond acceptors (Lipinski definition) is 3. The van der Waals surface area contributed by atoms with Gasteiger partial charge in [0, 0.05) is 53.4 Å². The van der Waals surface area contributed by atoms with Crippen molar-refractivity contribution in [3.63, 3.8) is 0 Å². The van der Waals surface area contributed by atoms with Crippen molar-refractivity contribution in [3.8, 4) is 0 Å². The number of rotatable bonds is 7. The van der Waals surface area contributed by atoms with Gasteiger partial charge in [-0.3, -0.25) is 4.99 Å². The van der Waals surface area contributed by atoms with Crippen LogP contribution < -0.4 is 5.32 Å². The Morgan fingerprint density at radius 1 is 1.24 bits per heavy atom. The summed E-state index contributed by atoms with van der Waals surface area (Å²) >= 11 is 0. The van der Waals surface area contributed by atoms with E-state index in [1.807, 2.05) is 18.0 Å². The Bertz CT molecular complexity index is 540. The maximum absolute atomic E-state index is 13.3. The molecule has 1 aromatic carbocycles. The van der Waals surface area contributed by atoms with Crippen LogP contribution in [0.5, 0.6) is 0 Å². The van der Waals surface area contributed by atoms with Gasteiger partial charge in [0.1, 0.15) is 5.82 Å². The molecule has 2 rings (SSSR count). The molecule has 0 bridgehead atoms. The summed E-state index contributed by atoms with van der Waals surface area (Å²) in [4.78, 5) is 11.3. The smallest absolute Gasteiger partial charge is 0.193 e. The molecule has 0 amide bonds. The van der Waals surface area contributed by atoms with Gasteiger partial charge >= 0.3 is 0 Å². The second kappa shape index (κ2) is 10.4. The lowest BCUT2D eigenvalue weighted by Gasteiger charge is -2.32. The van der Waals surface area contributed by atoms with Gasteiger partial charge in [-0.25, -0.2) is 4.39 Å². The first-order valence-corrected chi connectivity index (χ1v) is 9.15. The van der Waals surface area contributed by atoms with Crippen molar-refractivity contribution >= 4 is 5.96 Å². The summed E-state index contributed by atoms with van der Waals surface area (Å²) in [6, 6.07) is 6.72. The molecule has 1 N–H and O–H groups in total. The molecule has 0 spiro atoms. The van der Waals surface area contributed by atoms with E-state index >= 15 is 0 Å². The van der Waals surface area contributed by atoms with Gasteiger partial charge < -0.3 is 20.0 Å². The molecule has 1 aliphatic heterocycles. The van der Waals surface area contributed by atoms with Crippen molar-refractivity contribution in [3.05, 3.63) is 35.6 Å². The lowest BCUT2D eigenvalue weighted by Crippen LogP contribution is -2.44. The van der Waals surface area contributed by atoms with Crippen LogP contribution in [0.1, 0.15) is 18.4 Å². The van der Waals surface area contributed by atoms with Crippen LogP contribution in [0.25, 0.3) is 0 Å². The third-order valence-electron chi connectivity index (χ3n) is 4.66. The van der Waals surface area contributed by atoms with Crippen LogP contribution >= 0.6 is 0 Å². The van der Waals surface area contributed by atoms with E-state index in [0.717, 1.165) is 24.5 Å². The Hall–Kier alpha value is -1.66. The highest BCUT2D eigenvalue weighted by Crippen LogP contribution is 2.06. The van der Waals surface area contributed by atoms with Gasteiger partial charge in [-0.1, -0.05) is 12.1 Å².